The number of unbranched alkanes of at least 4 members (excludes halogenated alkanes) is 1. The number of aromatic nitrogens is 1. The Morgan fingerprint density at radius 2 is 2.00 bits per heavy atom. The third kappa shape index (κ3) is 6.28. The summed E-state index contributed by atoms with van der Waals surface area (Å²) in [5.41, 5.74) is -0.379. The van der Waals surface area contributed by atoms with Gasteiger partial charge < -0.3 is 9.64 Å². The minimum Gasteiger partial charge on any atom is -0.466 e. The van der Waals surface area contributed by atoms with E-state index in [1.54, 1.807) is 6.92 Å². The van der Waals surface area contributed by atoms with E-state index in [1.807, 2.05) is 19.1 Å². The van der Waals surface area contributed by atoms with Crippen molar-refractivity contribution in [3.8, 4) is 0 Å². The van der Waals surface area contributed by atoms with Crippen molar-refractivity contribution in [2.24, 2.45) is 0 Å². The lowest BCUT2D eigenvalue weighted by Gasteiger charge is -2.21. The smallest absolute Gasteiger partial charge is 0.306 e. The molecule has 1 aromatic heterocycles. The molecule has 5 nitrogen and oxygen atoms in total. The zero-order valence-electron chi connectivity index (χ0n) is 16.3. The third-order valence-electron chi connectivity index (χ3n) is 4.12. The van der Waals surface area contributed by atoms with Crippen LogP contribution >= 0.6 is 11.3 Å². The van der Waals surface area contributed by atoms with Gasteiger partial charge >= 0.3 is 5.97 Å². The van der Waals surface area contributed by atoms with Crippen LogP contribution in [0.1, 0.15) is 44.5 Å². The van der Waals surface area contributed by atoms with Crippen molar-refractivity contribution < 1.29 is 27.5 Å². The summed E-state index contributed by atoms with van der Waals surface area (Å²) in [5, 5.41) is 0.291. The van der Waals surface area contributed by atoms with Crippen LogP contribution in [0.25, 0.3) is 10.2 Å². The molecule has 2 rings (SSSR count). The van der Waals surface area contributed by atoms with Crippen LogP contribution in [-0.2, 0) is 20.9 Å². The number of hydrogen-bond donors (Lipinski definition) is 0. The molecule has 1 aromatic carbocycles. The summed E-state index contributed by atoms with van der Waals surface area (Å²) in [4.78, 5) is 29.6. The standard InChI is InChI=1S/C20H23F3N2O3S/c1-3-5-6-7-10-25(16(26)8-9-17(27)28-4-2)12-15-24-19-18(23)13(21)11-14(22)20(19)29-15/h3,5,11H,4,6-10,12H2,1-2H3. The van der Waals surface area contributed by atoms with Crippen LogP contribution < -0.4 is 0 Å². The molecule has 1 amide bonds. The Kier molecular flexibility index (Phi) is 8.63. The lowest BCUT2D eigenvalue weighted by molar-refractivity contribution is -0.145. The number of carbonyl (C=O) groups is 2. The van der Waals surface area contributed by atoms with Gasteiger partial charge in [-0.3, -0.25) is 9.59 Å². The molecular formula is C20H23F3N2O3S. The number of carbonyl (C=O) groups excluding carboxylic acids is 2. The van der Waals surface area contributed by atoms with E-state index in [2.05, 4.69) is 4.98 Å². The largest absolute Gasteiger partial charge is 0.466 e. The fraction of sp³-hybridized carbons (Fsp3) is 0.450. The lowest BCUT2D eigenvalue weighted by atomic mass is 10.2. The van der Waals surface area contributed by atoms with Crippen molar-refractivity contribution in [3.63, 3.8) is 0 Å². The molecule has 1 heterocycles. The number of rotatable bonds is 10. The number of amides is 1. The van der Waals surface area contributed by atoms with Gasteiger partial charge in [0.2, 0.25) is 5.91 Å². The summed E-state index contributed by atoms with van der Waals surface area (Å²) in [6, 6.07) is 0.485. The molecule has 0 saturated heterocycles. The molecule has 29 heavy (non-hydrogen) atoms. The number of hydrogen-bond acceptors (Lipinski definition) is 5. The summed E-state index contributed by atoms with van der Waals surface area (Å²) >= 11 is 0.876. The fourth-order valence-electron chi connectivity index (χ4n) is 2.72. The summed E-state index contributed by atoms with van der Waals surface area (Å²) in [7, 11) is 0. The topological polar surface area (TPSA) is 59.5 Å². The first-order valence-electron chi connectivity index (χ1n) is 9.34. The molecule has 158 valence electrons. The van der Waals surface area contributed by atoms with Gasteiger partial charge in [0.05, 0.1) is 24.3 Å². The summed E-state index contributed by atoms with van der Waals surface area (Å²) in [6.07, 6.45) is 5.22. The molecule has 0 aliphatic rings. The Balaban J connectivity index is 2.16. The molecule has 0 spiro atoms. The van der Waals surface area contributed by atoms with Crippen molar-refractivity contribution in [2.75, 3.05) is 13.2 Å². The highest BCUT2D eigenvalue weighted by Crippen LogP contribution is 2.29. The van der Waals surface area contributed by atoms with Crippen molar-refractivity contribution in [3.05, 3.63) is 40.7 Å². The maximum absolute atomic E-state index is 13.9. The van der Waals surface area contributed by atoms with Gasteiger partial charge in [-0.25, -0.2) is 18.2 Å². The Bertz CT molecular complexity index is 899. The normalized spacial score (nSPS) is 11.3. The van der Waals surface area contributed by atoms with Crippen LogP contribution in [-0.4, -0.2) is 34.9 Å². The SMILES string of the molecule is CC=CCCCN(Cc1nc2c(F)c(F)cc(F)c2s1)C(=O)CCC(=O)OCC. The van der Waals surface area contributed by atoms with Gasteiger partial charge in [0.25, 0.3) is 0 Å². The molecule has 0 aliphatic carbocycles. The van der Waals surface area contributed by atoms with Crippen molar-refractivity contribution in [2.45, 2.75) is 46.1 Å². The second-order valence-electron chi connectivity index (χ2n) is 6.27. The van der Waals surface area contributed by atoms with E-state index in [1.165, 1.54) is 4.90 Å². The van der Waals surface area contributed by atoms with Gasteiger partial charge in [-0.2, -0.15) is 0 Å². The molecule has 0 bridgehead atoms. The van der Waals surface area contributed by atoms with Gasteiger partial charge in [0.15, 0.2) is 11.6 Å². The number of allylic oxidation sites excluding steroid dienone is 2. The Morgan fingerprint density at radius 3 is 2.69 bits per heavy atom. The quantitative estimate of drug-likeness (QED) is 0.237. The molecule has 0 aliphatic heterocycles. The number of ether oxygens (including phenoxy) is 1. The zero-order valence-corrected chi connectivity index (χ0v) is 17.2. The van der Waals surface area contributed by atoms with Gasteiger partial charge in [-0.15, -0.1) is 11.3 Å². The van der Waals surface area contributed by atoms with Crippen LogP contribution in [0.3, 0.4) is 0 Å². The first-order valence-corrected chi connectivity index (χ1v) is 10.2. The second-order valence-corrected chi connectivity index (χ2v) is 7.35. The highest BCUT2D eigenvalue weighted by molar-refractivity contribution is 7.18. The minimum atomic E-state index is -1.31. The predicted molar refractivity (Wildman–Crippen MR) is 105 cm³/mol. The molecule has 9 heteroatoms. The van der Waals surface area contributed by atoms with Crippen LogP contribution in [0.2, 0.25) is 0 Å². The number of halogens is 3. The number of esters is 1. The highest BCUT2D eigenvalue weighted by atomic mass is 32.1. The third-order valence-corrected chi connectivity index (χ3v) is 5.17. The molecule has 0 fully saturated rings. The van der Waals surface area contributed by atoms with Gasteiger partial charge in [-0.05, 0) is 26.7 Å². The van der Waals surface area contributed by atoms with Gasteiger partial charge in [0.1, 0.15) is 16.3 Å². The first-order chi connectivity index (χ1) is 13.9. The van der Waals surface area contributed by atoms with E-state index in [4.69, 9.17) is 4.74 Å². The first kappa shape index (κ1) is 22.9. The van der Waals surface area contributed by atoms with E-state index >= 15 is 0 Å². The van der Waals surface area contributed by atoms with Crippen molar-refractivity contribution in [1.29, 1.82) is 0 Å². The maximum Gasteiger partial charge on any atom is 0.306 e. The van der Waals surface area contributed by atoms with E-state index in [9.17, 15) is 22.8 Å². The maximum atomic E-state index is 13.9. The number of fused-ring (bicyclic) bond motifs is 1. The molecule has 2 aromatic rings. The lowest BCUT2D eigenvalue weighted by Crippen LogP contribution is -2.31. The van der Waals surface area contributed by atoms with Crippen LogP contribution in [0.4, 0.5) is 13.2 Å². The van der Waals surface area contributed by atoms with Crippen molar-refractivity contribution >= 4 is 33.4 Å². The number of benzene rings is 1. The van der Waals surface area contributed by atoms with E-state index in [-0.39, 0.29) is 42.1 Å². The van der Waals surface area contributed by atoms with E-state index in [0.717, 1.165) is 17.8 Å². The Hall–Kier alpha value is -2.42. The fourth-order valence-corrected chi connectivity index (χ4v) is 3.70. The molecular weight excluding hydrogens is 405 g/mol. The molecule has 0 radical (unpaired) electrons. The van der Waals surface area contributed by atoms with Crippen LogP contribution in [0.5, 0.6) is 0 Å². The molecule has 0 atom stereocenters. The monoisotopic (exact) mass is 428 g/mol. The molecule has 0 N–H and O–H groups in total. The summed E-state index contributed by atoms with van der Waals surface area (Å²) in [5.74, 6) is -4.16. The summed E-state index contributed by atoms with van der Waals surface area (Å²) < 4.78 is 46.0. The van der Waals surface area contributed by atoms with Crippen LogP contribution in [0.15, 0.2) is 18.2 Å². The van der Waals surface area contributed by atoms with Crippen molar-refractivity contribution in [1.82, 2.24) is 9.88 Å². The van der Waals surface area contributed by atoms with Gasteiger partial charge in [0, 0.05) is 19.0 Å². The van der Waals surface area contributed by atoms with Crippen LogP contribution in [0, 0.1) is 17.5 Å². The minimum absolute atomic E-state index is 0.0251. The van der Waals surface area contributed by atoms with E-state index in [0.29, 0.717) is 24.0 Å². The predicted octanol–water partition coefficient (Wildman–Crippen LogP) is 4.74. The number of nitrogens with zero attached hydrogens (tertiary/aromatic N) is 2. The zero-order chi connectivity index (χ0) is 21.4. The second kappa shape index (κ2) is 10.9. The number of thiazole rings is 1. The molecule has 0 saturated carbocycles. The highest BCUT2D eigenvalue weighted by Gasteiger charge is 2.21. The summed E-state index contributed by atoms with van der Waals surface area (Å²) in [6.45, 7) is 4.23. The Morgan fingerprint density at radius 1 is 1.24 bits per heavy atom. The Labute approximate surface area is 171 Å². The van der Waals surface area contributed by atoms with E-state index < -0.39 is 23.4 Å². The average Bonchev–Trinajstić information content (AvgIpc) is 3.11. The molecule has 0 unspecified atom stereocenters. The average molecular weight is 428 g/mol. The van der Waals surface area contributed by atoms with Gasteiger partial charge in [-0.1, -0.05) is 12.2 Å².